The van der Waals surface area contributed by atoms with Gasteiger partial charge < -0.3 is 44.4 Å². The van der Waals surface area contributed by atoms with E-state index in [0.29, 0.717) is 58.9 Å². The molecule has 0 saturated carbocycles. The van der Waals surface area contributed by atoms with Crippen molar-refractivity contribution in [2.75, 3.05) is 0 Å². The molecule has 0 unspecified atom stereocenters. The van der Waals surface area contributed by atoms with Crippen LogP contribution >= 0.6 is 0 Å². The molecule has 0 amide bonds. The number of benzene rings is 2. The van der Waals surface area contributed by atoms with Crippen LogP contribution in [0.5, 0.6) is 11.5 Å². The van der Waals surface area contributed by atoms with Gasteiger partial charge in [-0.3, -0.25) is 49.5 Å². The van der Waals surface area contributed by atoms with Crippen LogP contribution in [0.4, 0.5) is 0 Å². The fourth-order valence-electron chi connectivity index (χ4n) is 6.83. The molecule has 12 rings (SSSR count). The van der Waals surface area contributed by atoms with Crippen molar-refractivity contribution in [3.8, 4) is 68.7 Å². The number of carboxylic acids is 2. The molecule has 0 aliphatic carbocycles. The van der Waals surface area contributed by atoms with Gasteiger partial charge in [0.05, 0.1) is 57.1 Å². The molecule has 12 aromatic rings. The van der Waals surface area contributed by atoms with E-state index in [4.69, 9.17) is 5.11 Å². The van der Waals surface area contributed by atoms with Gasteiger partial charge in [-0.1, -0.05) is 84.4 Å². The van der Waals surface area contributed by atoms with E-state index in [0.717, 1.165) is 44.8 Å². The quantitative estimate of drug-likeness (QED) is 0.0945. The van der Waals surface area contributed by atoms with Crippen LogP contribution in [0.3, 0.4) is 0 Å². The second kappa shape index (κ2) is 30.4. The minimum atomic E-state index is -1.29. The van der Waals surface area contributed by atoms with Crippen molar-refractivity contribution in [2.45, 2.75) is 0 Å². The van der Waals surface area contributed by atoms with Gasteiger partial charge in [-0.25, -0.2) is 4.79 Å². The Morgan fingerprint density at radius 1 is 0.400 bits per heavy atom. The molecule has 1 N–H and O–H groups in total. The van der Waals surface area contributed by atoms with E-state index in [1.165, 1.54) is 73.3 Å². The van der Waals surface area contributed by atoms with Gasteiger partial charge in [-0.15, -0.1) is 0 Å². The Balaban J connectivity index is 0.000000162. The number of imidazole rings is 2. The normalized spacial score (nSPS) is 9.85. The van der Waals surface area contributed by atoms with Crippen LogP contribution in [0, 0.1) is 0 Å². The molecule has 0 bridgehead atoms. The standard InChI is InChI=1S/C14H8N4.2C12H8N2O4.2C10H8N2.2Ru/c1-2-6-10-9(5-1)15-13(16-10)14-17-11-7-3-4-8-12(11)18-14;2*15-7-18-9-2-4-14-11(6-9)10-5-8(12(16)17)1-3-13-10;2*1-3-7-11-9(5-1)10-6-2-4-8-12-10;;/h1-8H;2*1-7H,(H,16,17);2*1-8H;;/q-2;;;;;2*+1/p-1. The van der Waals surface area contributed by atoms with Crippen LogP contribution in [0.15, 0.2) is 219 Å². The zero-order chi connectivity index (χ0) is 54.3. The van der Waals surface area contributed by atoms with Gasteiger partial charge >= 0.3 is 44.9 Å². The summed E-state index contributed by atoms with van der Waals surface area (Å²) in [6.07, 6.45) is 12.7. The van der Waals surface area contributed by atoms with Crippen LogP contribution in [-0.4, -0.2) is 79.8 Å². The van der Waals surface area contributed by atoms with E-state index in [9.17, 15) is 24.3 Å². The fraction of sp³-hybridized carbons (Fsp3) is 0. The summed E-state index contributed by atoms with van der Waals surface area (Å²) < 4.78 is 9.35. The summed E-state index contributed by atoms with van der Waals surface area (Å²) in [4.78, 5) is 92.6. The number of aromatic nitrogens is 12. The fourth-order valence-corrected chi connectivity index (χ4v) is 6.83. The number of aromatic carboxylic acids is 2. The molecule has 0 spiro atoms. The average molecular weight is 1230 g/mol. The van der Waals surface area contributed by atoms with Crippen molar-refractivity contribution in [1.29, 1.82) is 0 Å². The Morgan fingerprint density at radius 3 is 1.06 bits per heavy atom. The van der Waals surface area contributed by atoms with Gasteiger partial charge in [0.25, 0.3) is 12.9 Å². The second-order valence-electron chi connectivity index (χ2n) is 15.6. The Labute approximate surface area is 481 Å². The summed E-state index contributed by atoms with van der Waals surface area (Å²) in [6, 6.07) is 50.2. The Bertz CT molecular complexity index is 3510. The summed E-state index contributed by atoms with van der Waals surface area (Å²) in [5, 5.41) is 19.6. The third kappa shape index (κ3) is 16.9. The van der Waals surface area contributed by atoms with Gasteiger partial charge in [-0.2, -0.15) is 0 Å². The number of fused-ring (bicyclic) bond motifs is 2. The first kappa shape index (κ1) is 59.0. The van der Waals surface area contributed by atoms with Crippen molar-refractivity contribution in [2.24, 2.45) is 0 Å². The summed E-state index contributed by atoms with van der Waals surface area (Å²) >= 11 is 0. The zero-order valence-corrected chi connectivity index (χ0v) is 44.8. The van der Waals surface area contributed by atoms with Gasteiger partial charge in [0.15, 0.2) is 0 Å². The molecule has 0 saturated heterocycles. The summed E-state index contributed by atoms with van der Waals surface area (Å²) in [7, 11) is 0. The average Bonchev–Trinajstić information content (AvgIpc) is 4.17. The zero-order valence-electron chi connectivity index (χ0n) is 41.3. The number of rotatable bonds is 11. The molecule has 10 aromatic heterocycles. The number of carbonyl (C=O) groups excluding carboxylic acids is 3. The molecule has 396 valence electrons. The van der Waals surface area contributed by atoms with Crippen LogP contribution in [-0.2, 0) is 48.5 Å². The topological polar surface area (TPSA) is 287 Å². The molecule has 80 heavy (non-hydrogen) atoms. The van der Waals surface area contributed by atoms with Gasteiger partial charge in [0.2, 0.25) is 0 Å². The first-order chi connectivity index (χ1) is 38.2. The van der Waals surface area contributed by atoms with Crippen LogP contribution in [0.2, 0.25) is 0 Å². The molecular formula is C58H39N12O8Ru2-. The van der Waals surface area contributed by atoms with Gasteiger partial charge in [0.1, 0.15) is 11.5 Å². The van der Waals surface area contributed by atoms with E-state index in [2.05, 4.69) is 69.3 Å². The first-order valence-corrected chi connectivity index (χ1v) is 23.2. The van der Waals surface area contributed by atoms with Crippen molar-refractivity contribution in [3.63, 3.8) is 0 Å². The van der Waals surface area contributed by atoms with E-state index < -0.39 is 11.9 Å². The number of nitrogens with zero attached hydrogens (tertiary/aromatic N) is 12. The largest absolute Gasteiger partial charge is 1.00 e. The van der Waals surface area contributed by atoms with E-state index in [1.807, 2.05) is 121 Å². The van der Waals surface area contributed by atoms with Crippen LogP contribution < -0.4 is 24.5 Å². The number of para-hydroxylation sites is 4. The minimum absolute atomic E-state index is 0. The summed E-state index contributed by atoms with van der Waals surface area (Å²) in [5.74, 6) is -0.536. The summed E-state index contributed by atoms with van der Waals surface area (Å²) in [5.41, 5.74) is 8.86. The maximum atomic E-state index is 10.8. The van der Waals surface area contributed by atoms with Crippen molar-refractivity contribution < 1.29 is 77.8 Å². The molecule has 2 radical (unpaired) electrons. The maximum Gasteiger partial charge on any atom is 1.00 e. The number of hydrogen-bond donors (Lipinski definition) is 1. The monoisotopic (exact) mass is 1240 g/mol. The predicted octanol–water partition coefficient (Wildman–Crippen LogP) is 8.07. The van der Waals surface area contributed by atoms with Crippen molar-refractivity contribution in [3.05, 3.63) is 231 Å². The van der Waals surface area contributed by atoms with Crippen molar-refractivity contribution in [1.82, 2.24) is 59.8 Å². The predicted molar refractivity (Wildman–Crippen MR) is 284 cm³/mol. The molecule has 22 heteroatoms. The number of carbonyl (C=O) groups is 4. The molecule has 2 aromatic carbocycles. The smallest absolute Gasteiger partial charge is 0.545 e. The third-order valence-electron chi connectivity index (χ3n) is 10.4. The van der Waals surface area contributed by atoms with E-state index in [1.54, 1.807) is 24.8 Å². The minimum Gasteiger partial charge on any atom is -0.545 e. The Kier molecular flexibility index (Phi) is 22.4. The number of hydrogen-bond acceptors (Lipinski definition) is 17. The molecule has 20 nitrogen and oxygen atoms in total. The summed E-state index contributed by atoms with van der Waals surface area (Å²) in [6.45, 7) is 0.602. The van der Waals surface area contributed by atoms with Gasteiger partial charge in [-0.05, 0) is 107 Å². The second-order valence-corrected chi connectivity index (χ2v) is 15.6. The first-order valence-electron chi connectivity index (χ1n) is 23.2. The Morgan fingerprint density at radius 2 is 0.725 bits per heavy atom. The van der Waals surface area contributed by atoms with Crippen molar-refractivity contribution >= 4 is 46.9 Å². The molecule has 0 aliphatic heterocycles. The SMILES string of the molecule is O=COc1ccnc(-c2cc(C(=O)O)ccn2)c1.O=COc1ccnc(-c2cc(C(=O)[O-])ccn2)c1.[Ru+].[Ru+].c1ccc(-c2ccccn2)nc1.c1ccc(-c2ccccn2)nc1.c1ccc2[n-]c(-c3nc4ccccc4[n-]3)nc2c1. The number of pyridine rings is 8. The third-order valence-corrected chi connectivity index (χ3v) is 10.4. The number of carboxylic acid groups (broad SMARTS) is 2. The maximum absolute atomic E-state index is 10.8. The molecule has 10 heterocycles. The molecule has 0 aliphatic rings. The van der Waals surface area contributed by atoms with Gasteiger partial charge in [0, 0.05) is 67.3 Å². The van der Waals surface area contributed by atoms with E-state index >= 15 is 0 Å². The van der Waals surface area contributed by atoms with E-state index in [-0.39, 0.29) is 50.1 Å². The molecule has 0 fully saturated rings. The van der Waals surface area contributed by atoms with Crippen LogP contribution in [0.25, 0.3) is 79.3 Å². The molecular weight excluding hydrogens is 1190 g/mol. The Hall–Kier alpha value is -10.3. The van der Waals surface area contributed by atoms with Crippen LogP contribution in [0.1, 0.15) is 20.7 Å². The molecule has 0 atom stereocenters. The number of ether oxygens (including phenoxy) is 2.